The molecule has 1 unspecified atom stereocenters. The van der Waals surface area contributed by atoms with E-state index in [2.05, 4.69) is 26.6 Å². The average Bonchev–Trinajstić information content (AvgIpc) is 2.55. The predicted molar refractivity (Wildman–Crippen MR) is 96.8 cm³/mol. The molecule has 23 heavy (non-hydrogen) atoms. The fraction of sp³-hybridized carbons (Fsp3) is 0.278. The van der Waals surface area contributed by atoms with Crippen molar-refractivity contribution in [3.63, 3.8) is 0 Å². The molecule has 2 rings (SSSR count). The summed E-state index contributed by atoms with van der Waals surface area (Å²) in [5.41, 5.74) is 1.81. The van der Waals surface area contributed by atoms with Gasteiger partial charge in [-0.15, -0.1) is 0 Å². The van der Waals surface area contributed by atoms with Gasteiger partial charge in [-0.25, -0.2) is 0 Å². The van der Waals surface area contributed by atoms with Crippen LogP contribution in [0, 0.1) is 0 Å². The number of anilines is 1. The van der Waals surface area contributed by atoms with Gasteiger partial charge in [0.25, 0.3) is 0 Å². The van der Waals surface area contributed by atoms with Gasteiger partial charge < -0.3 is 15.4 Å². The zero-order valence-corrected chi connectivity index (χ0v) is 14.9. The number of hydrogen-bond donors (Lipinski definition) is 2. The van der Waals surface area contributed by atoms with Crippen molar-refractivity contribution in [2.45, 2.75) is 19.9 Å². The number of halogens is 1. The van der Waals surface area contributed by atoms with Crippen molar-refractivity contribution in [1.29, 1.82) is 0 Å². The molecule has 2 aromatic rings. The number of nitrogens with one attached hydrogen (secondary N) is 2. The molecule has 0 aromatic heterocycles. The van der Waals surface area contributed by atoms with E-state index in [0.717, 1.165) is 10.0 Å². The second-order valence-corrected chi connectivity index (χ2v) is 5.96. The second-order valence-electron chi connectivity index (χ2n) is 5.10. The van der Waals surface area contributed by atoms with E-state index in [0.29, 0.717) is 18.0 Å². The van der Waals surface area contributed by atoms with Crippen molar-refractivity contribution >= 4 is 27.5 Å². The second kappa shape index (κ2) is 8.70. The van der Waals surface area contributed by atoms with E-state index < -0.39 is 0 Å². The van der Waals surface area contributed by atoms with E-state index in [4.69, 9.17) is 4.74 Å². The maximum absolute atomic E-state index is 12.1. The molecule has 0 saturated heterocycles. The lowest BCUT2D eigenvalue weighted by Crippen LogP contribution is -2.30. The molecule has 5 heteroatoms. The number of carbonyl (C=O) groups excluding carboxylic acids is 1. The first-order valence-corrected chi connectivity index (χ1v) is 8.40. The molecule has 0 saturated carbocycles. The van der Waals surface area contributed by atoms with Gasteiger partial charge in [0.2, 0.25) is 5.91 Å². The lowest BCUT2D eigenvalue weighted by Gasteiger charge is -2.16. The van der Waals surface area contributed by atoms with Crippen LogP contribution in [0.1, 0.15) is 25.5 Å². The summed E-state index contributed by atoms with van der Waals surface area (Å²) < 4.78 is 6.54. The lowest BCUT2D eigenvalue weighted by atomic mass is 10.1. The van der Waals surface area contributed by atoms with Crippen LogP contribution in [-0.4, -0.2) is 19.1 Å². The summed E-state index contributed by atoms with van der Waals surface area (Å²) in [5, 5.41) is 6.11. The van der Waals surface area contributed by atoms with Gasteiger partial charge in [-0.3, -0.25) is 4.79 Å². The molecule has 4 nitrogen and oxygen atoms in total. The zero-order valence-electron chi connectivity index (χ0n) is 13.3. The first kappa shape index (κ1) is 17.5. The molecule has 0 bridgehead atoms. The average molecular weight is 377 g/mol. The van der Waals surface area contributed by atoms with Gasteiger partial charge >= 0.3 is 0 Å². The van der Waals surface area contributed by atoms with E-state index in [9.17, 15) is 4.79 Å². The Labute approximate surface area is 145 Å². The van der Waals surface area contributed by atoms with Crippen molar-refractivity contribution in [3.8, 4) is 5.75 Å². The van der Waals surface area contributed by atoms with Crippen LogP contribution in [0.15, 0.2) is 53.0 Å². The minimum atomic E-state index is -0.101. The SMILES string of the molecule is CCOc1ccccc1NC(=O)CNC(C)c1ccccc1Br. The summed E-state index contributed by atoms with van der Waals surface area (Å²) in [6.45, 7) is 4.73. The third kappa shape index (κ3) is 5.08. The van der Waals surface area contributed by atoms with Crippen LogP contribution in [-0.2, 0) is 4.79 Å². The summed E-state index contributed by atoms with van der Waals surface area (Å²) in [4.78, 5) is 12.1. The highest BCUT2D eigenvalue weighted by Crippen LogP contribution is 2.24. The van der Waals surface area contributed by atoms with E-state index in [1.54, 1.807) is 0 Å². The van der Waals surface area contributed by atoms with E-state index in [1.807, 2.05) is 62.4 Å². The fourth-order valence-corrected chi connectivity index (χ4v) is 2.86. The Hall–Kier alpha value is -1.85. The lowest BCUT2D eigenvalue weighted by molar-refractivity contribution is -0.115. The summed E-state index contributed by atoms with van der Waals surface area (Å²) in [7, 11) is 0. The third-order valence-electron chi connectivity index (χ3n) is 3.40. The van der Waals surface area contributed by atoms with E-state index in [-0.39, 0.29) is 18.5 Å². The van der Waals surface area contributed by atoms with Gasteiger partial charge in [0.05, 0.1) is 18.8 Å². The molecule has 0 fully saturated rings. The van der Waals surface area contributed by atoms with Crippen LogP contribution >= 0.6 is 15.9 Å². The van der Waals surface area contributed by atoms with Crippen molar-refractivity contribution in [1.82, 2.24) is 5.32 Å². The first-order chi connectivity index (χ1) is 11.1. The monoisotopic (exact) mass is 376 g/mol. The minimum Gasteiger partial charge on any atom is -0.492 e. The smallest absolute Gasteiger partial charge is 0.238 e. The molecular formula is C18H21BrN2O2. The summed E-state index contributed by atoms with van der Waals surface area (Å²) >= 11 is 3.53. The molecule has 0 aliphatic rings. The Bertz CT molecular complexity index is 661. The Morgan fingerprint density at radius 3 is 2.61 bits per heavy atom. The van der Waals surface area contributed by atoms with Gasteiger partial charge in [0.1, 0.15) is 5.75 Å². The number of carbonyl (C=O) groups is 1. The quantitative estimate of drug-likeness (QED) is 0.763. The van der Waals surface area contributed by atoms with Gasteiger partial charge in [0.15, 0.2) is 0 Å². The van der Waals surface area contributed by atoms with E-state index in [1.165, 1.54) is 0 Å². The number of para-hydroxylation sites is 2. The standard InChI is InChI=1S/C18H21BrN2O2/c1-3-23-17-11-7-6-10-16(17)21-18(22)12-20-13(2)14-8-4-5-9-15(14)19/h4-11,13,20H,3,12H2,1-2H3,(H,21,22). The van der Waals surface area contributed by atoms with Crippen LogP contribution in [0.25, 0.3) is 0 Å². The normalized spacial score (nSPS) is 11.8. The molecule has 1 atom stereocenters. The summed E-state index contributed by atoms with van der Waals surface area (Å²) in [6, 6.07) is 15.5. The maximum atomic E-state index is 12.1. The molecule has 122 valence electrons. The molecule has 0 aliphatic heterocycles. The highest BCUT2D eigenvalue weighted by molar-refractivity contribution is 9.10. The molecule has 0 aliphatic carbocycles. The topological polar surface area (TPSA) is 50.4 Å². The molecular weight excluding hydrogens is 356 g/mol. The molecule has 2 aromatic carbocycles. The Balaban J connectivity index is 1.92. The van der Waals surface area contributed by atoms with Crippen molar-refractivity contribution in [2.75, 3.05) is 18.5 Å². The van der Waals surface area contributed by atoms with E-state index >= 15 is 0 Å². The Kier molecular flexibility index (Phi) is 6.62. The maximum Gasteiger partial charge on any atom is 0.238 e. The predicted octanol–water partition coefficient (Wildman–Crippen LogP) is 4.14. The van der Waals surface area contributed by atoms with Crippen LogP contribution in [0.3, 0.4) is 0 Å². The Morgan fingerprint density at radius 2 is 1.87 bits per heavy atom. The molecule has 2 N–H and O–H groups in total. The van der Waals surface area contributed by atoms with Crippen LogP contribution in [0.5, 0.6) is 5.75 Å². The van der Waals surface area contributed by atoms with Crippen LogP contribution in [0.2, 0.25) is 0 Å². The number of benzene rings is 2. The Morgan fingerprint density at radius 1 is 1.17 bits per heavy atom. The highest BCUT2D eigenvalue weighted by Gasteiger charge is 2.11. The zero-order chi connectivity index (χ0) is 16.7. The van der Waals surface area contributed by atoms with Gasteiger partial charge in [0, 0.05) is 10.5 Å². The number of ether oxygens (including phenoxy) is 1. The first-order valence-electron chi connectivity index (χ1n) is 7.61. The summed E-state index contributed by atoms with van der Waals surface area (Å²) in [6.07, 6.45) is 0. The van der Waals surface area contributed by atoms with Crippen molar-refractivity contribution < 1.29 is 9.53 Å². The molecule has 0 heterocycles. The minimum absolute atomic E-state index is 0.0680. The molecule has 0 radical (unpaired) electrons. The molecule has 0 spiro atoms. The highest BCUT2D eigenvalue weighted by atomic mass is 79.9. The van der Waals surface area contributed by atoms with Crippen LogP contribution in [0.4, 0.5) is 5.69 Å². The largest absolute Gasteiger partial charge is 0.492 e. The molecule has 1 amide bonds. The fourth-order valence-electron chi connectivity index (χ4n) is 2.23. The van der Waals surface area contributed by atoms with Gasteiger partial charge in [-0.1, -0.05) is 46.3 Å². The number of hydrogen-bond acceptors (Lipinski definition) is 3. The van der Waals surface area contributed by atoms with Gasteiger partial charge in [-0.05, 0) is 37.6 Å². The summed E-state index contributed by atoms with van der Waals surface area (Å²) in [5.74, 6) is 0.582. The van der Waals surface area contributed by atoms with Crippen molar-refractivity contribution in [2.24, 2.45) is 0 Å². The van der Waals surface area contributed by atoms with Crippen LogP contribution < -0.4 is 15.4 Å². The third-order valence-corrected chi connectivity index (χ3v) is 4.12. The number of amides is 1. The van der Waals surface area contributed by atoms with Gasteiger partial charge in [-0.2, -0.15) is 0 Å². The number of rotatable bonds is 7. The van der Waals surface area contributed by atoms with Crippen molar-refractivity contribution in [3.05, 3.63) is 58.6 Å².